The summed E-state index contributed by atoms with van der Waals surface area (Å²) in [4.78, 5) is 25.5. The molecule has 1 aliphatic heterocycles. The summed E-state index contributed by atoms with van der Waals surface area (Å²) >= 11 is 5.50. The second-order valence-electron chi connectivity index (χ2n) is 5.88. The summed E-state index contributed by atoms with van der Waals surface area (Å²) in [6.45, 7) is 3.38. The quantitative estimate of drug-likeness (QED) is 0.751. The molecule has 0 saturated carbocycles. The molecule has 2 amide bonds. The summed E-state index contributed by atoms with van der Waals surface area (Å²) in [6, 6.07) is 7.77. The molecule has 1 N–H and O–H groups in total. The van der Waals surface area contributed by atoms with Gasteiger partial charge in [0.15, 0.2) is 6.61 Å². The Balaban J connectivity index is 1.71. The van der Waals surface area contributed by atoms with Gasteiger partial charge in [0, 0.05) is 19.1 Å². The topological polar surface area (TPSA) is 67.9 Å². The number of piperidine rings is 1. The van der Waals surface area contributed by atoms with Gasteiger partial charge in [0.05, 0.1) is 5.88 Å². The molecule has 0 atom stereocenters. The van der Waals surface area contributed by atoms with E-state index in [1.807, 2.05) is 31.2 Å². The highest BCUT2D eigenvalue weighted by atomic mass is 35.5. The molecule has 1 aromatic carbocycles. The number of carbonyl (C=O) groups excluding carboxylic acids is 2. The zero-order valence-electron chi connectivity index (χ0n) is 14.5. The maximum absolute atomic E-state index is 12.1. The van der Waals surface area contributed by atoms with E-state index < -0.39 is 0 Å². The number of hydrogen-bond acceptors (Lipinski definition) is 4. The van der Waals surface area contributed by atoms with E-state index in [0.29, 0.717) is 31.8 Å². The summed E-state index contributed by atoms with van der Waals surface area (Å²) in [5.74, 6) is 0.894. The molecule has 1 heterocycles. The Morgan fingerprint density at radius 3 is 2.68 bits per heavy atom. The van der Waals surface area contributed by atoms with Crippen LogP contribution < -0.4 is 10.1 Å². The highest BCUT2D eigenvalue weighted by Crippen LogP contribution is 2.18. The number of nitrogens with zero attached hydrogens (tertiary/aromatic N) is 1. The number of ether oxygens (including phenoxy) is 2. The molecule has 0 aromatic heterocycles. The monoisotopic (exact) mass is 368 g/mol. The second-order valence-corrected chi connectivity index (χ2v) is 6.26. The molecule has 1 saturated heterocycles. The van der Waals surface area contributed by atoms with Crippen LogP contribution in [0.2, 0.25) is 0 Å². The van der Waals surface area contributed by atoms with Crippen molar-refractivity contribution in [1.82, 2.24) is 10.2 Å². The number of hydrogen-bond donors (Lipinski definition) is 1. The van der Waals surface area contributed by atoms with Crippen molar-refractivity contribution in [3.8, 4) is 5.75 Å². The van der Waals surface area contributed by atoms with Crippen LogP contribution in [-0.2, 0) is 16.0 Å². The van der Waals surface area contributed by atoms with Gasteiger partial charge in [-0.15, -0.1) is 11.6 Å². The number of likely N-dealkylation sites (tertiary alicyclic amines) is 1. The van der Waals surface area contributed by atoms with Crippen molar-refractivity contribution >= 4 is 23.6 Å². The van der Waals surface area contributed by atoms with Crippen LogP contribution in [0.15, 0.2) is 24.3 Å². The smallest absolute Gasteiger partial charge is 0.409 e. The van der Waals surface area contributed by atoms with E-state index in [0.717, 1.165) is 17.7 Å². The Labute approximate surface area is 153 Å². The van der Waals surface area contributed by atoms with Gasteiger partial charge in [-0.2, -0.15) is 0 Å². The van der Waals surface area contributed by atoms with Gasteiger partial charge in [-0.1, -0.05) is 25.1 Å². The van der Waals surface area contributed by atoms with E-state index >= 15 is 0 Å². The van der Waals surface area contributed by atoms with Crippen molar-refractivity contribution in [2.24, 2.45) is 0 Å². The maximum atomic E-state index is 12.1. The lowest BCUT2D eigenvalue weighted by Crippen LogP contribution is -2.47. The average Bonchev–Trinajstić information content (AvgIpc) is 2.65. The zero-order valence-corrected chi connectivity index (χ0v) is 15.3. The molecule has 1 aromatic rings. The molecule has 0 bridgehead atoms. The standard InChI is InChI=1S/C18H25ClN2O4/c1-2-14-5-3-4-6-16(14)25-13-17(22)20-15-7-10-21(11-8-15)18(23)24-12-9-19/h3-6,15H,2,7-13H2,1H3,(H,20,22). The Hall–Kier alpha value is -1.95. The first-order valence-corrected chi connectivity index (χ1v) is 9.15. The molecule has 2 rings (SSSR count). The number of nitrogens with one attached hydrogen (secondary N) is 1. The van der Waals surface area contributed by atoms with E-state index in [2.05, 4.69) is 5.32 Å². The van der Waals surface area contributed by atoms with Crippen molar-refractivity contribution in [3.05, 3.63) is 29.8 Å². The van der Waals surface area contributed by atoms with E-state index in [1.165, 1.54) is 0 Å². The largest absolute Gasteiger partial charge is 0.483 e. The minimum atomic E-state index is -0.343. The van der Waals surface area contributed by atoms with Gasteiger partial charge in [0.1, 0.15) is 12.4 Å². The van der Waals surface area contributed by atoms with E-state index in [4.69, 9.17) is 21.1 Å². The fraction of sp³-hybridized carbons (Fsp3) is 0.556. The number of amides is 2. The molecule has 7 heteroatoms. The van der Waals surface area contributed by atoms with Crippen molar-refractivity contribution in [1.29, 1.82) is 0 Å². The summed E-state index contributed by atoms with van der Waals surface area (Å²) < 4.78 is 10.6. The predicted molar refractivity (Wildman–Crippen MR) is 96.1 cm³/mol. The number of alkyl halides is 1. The van der Waals surface area contributed by atoms with Crippen LogP contribution in [0.4, 0.5) is 4.79 Å². The highest BCUT2D eigenvalue weighted by Gasteiger charge is 2.24. The Kier molecular flexibility index (Phi) is 7.85. The predicted octanol–water partition coefficient (Wildman–Crippen LogP) is 2.58. The van der Waals surface area contributed by atoms with E-state index in [9.17, 15) is 9.59 Å². The maximum Gasteiger partial charge on any atom is 0.409 e. The first kappa shape index (κ1) is 19.4. The zero-order chi connectivity index (χ0) is 18.1. The molecule has 0 unspecified atom stereocenters. The van der Waals surface area contributed by atoms with Gasteiger partial charge >= 0.3 is 6.09 Å². The van der Waals surface area contributed by atoms with Crippen LogP contribution >= 0.6 is 11.6 Å². The third kappa shape index (κ3) is 6.12. The SMILES string of the molecule is CCc1ccccc1OCC(=O)NC1CCN(C(=O)OCCCl)CC1. The van der Waals surface area contributed by atoms with Crippen molar-refractivity contribution in [2.75, 3.05) is 32.2 Å². The second kappa shape index (κ2) is 10.1. The molecule has 1 fully saturated rings. The Bertz CT molecular complexity index is 574. The summed E-state index contributed by atoms with van der Waals surface area (Å²) in [6.07, 6.45) is 1.92. The molecule has 6 nitrogen and oxygen atoms in total. The molecule has 25 heavy (non-hydrogen) atoms. The number of carbonyl (C=O) groups is 2. The molecular formula is C18H25ClN2O4. The summed E-state index contributed by atoms with van der Waals surface area (Å²) in [5.41, 5.74) is 1.08. The van der Waals surface area contributed by atoms with Crippen molar-refractivity contribution < 1.29 is 19.1 Å². The molecule has 1 aliphatic rings. The number of para-hydroxylation sites is 1. The lowest BCUT2D eigenvalue weighted by molar-refractivity contribution is -0.124. The lowest BCUT2D eigenvalue weighted by Gasteiger charge is -2.31. The van der Waals surface area contributed by atoms with Crippen LogP contribution in [0.3, 0.4) is 0 Å². The minimum Gasteiger partial charge on any atom is -0.483 e. The molecule has 0 spiro atoms. The van der Waals surface area contributed by atoms with Gasteiger partial charge in [0.2, 0.25) is 0 Å². The first-order valence-electron chi connectivity index (χ1n) is 8.61. The third-order valence-corrected chi connectivity index (χ3v) is 4.29. The van der Waals surface area contributed by atoms with Gasteiger partial charge in [0.25, 0.3) is 5.91 Å². The fourth-order valence-corrected chi connectivity index (χ4v) is 2.85. The molecule has 138 valence electrons. The van der Waals surface area contributed by atoms with Gasteiger partial charge in [-0.3, -0.25) is 4.79 Å². The lowest BCUT2D eigenvalue weighted by atomic mass is 10.1. The van der Waals surface area contributed by atoms with Crippen LogP contribution in [-0.4, -0.2) is 55.1 Å². The Morgan fingerprint density at radius 2 is 2.00 bits per heavy atom. The van der Waals surface area contributed by atoms with Crippen LogP contribution in [0.25, 0.3) is 0 Å². The number of halogens is 1. The van der Waals surface area contributed by atoms with E-state index in [1.54, 1.807) is 4.90 Å². The van der Waals surface area contributed by atoms with Crippen molar-refractivity contribution in [3.63, 3.8) is 0 Å². The first-order chi connectivity index (χ1) is 12.1. The summed E-state index contributed by atoms with van der Waals surface area (Å²) in [7, 11) is 0. The number of aryl methyl sites for hydroxylation is 1. The van der Waals surface area contributed by atoms with Gasteiger partial charge in [-0.25, -0.2) is 4.79 Å². The van der Waals surface area contributed by atoms with Crippen LogP contribution in [0, 0.1) is 0 Å². The minimum absolute atomic E-state index is 0.00497. The number of benzene rings is 1. The summed E-state index contributed by atoms with van der Waals surface area (Å²) in [5, 5.41) is 2.97. The molecule has 0 aliphatic carbocycles. The third-order valence-electron chi connectivity index (χ3n) is 4.13. The number of rotatable bonds is 7. The highest BCUT2D eigenvalue weighted by molar-refractivity contribution is 6.18. The van der Waals surface area contributed by atoms with Gasteiger partial charge < -0.3 is 19.7 Å². The van der Waals surface area contributed by atoms with Crippen LogP contribution in [0.1, 0.15) is 25.3 Å². The van der Waals surface area contributed by atoms with E-state index in [-0.39, 0.29) is 31.3 Å². The normalized spacial score (nSPS) is 14.9. The molecular weight excluding hydrogens is 344 g/mol. The molecule has 0 radical (unpaired) electrons. The van der Waals surface area contributed by atoms with Crippen molar-refractivity contribution in [2.45, 2.75) is 32.2 Å². The van der Waals surface area contributed by atoms with Crippen LogP contribution in [0.5, 0.6) is 5.75 Å². The average molecular weight is 369 g/mol. The Morgan fingerprint density at radius 1 is 1.28 bits per heavy atom. The van der Waals surface area contributed by atoms with Gasteiger partial charge in [-0.05, 0) is 30.9 Å². The fourth-order valence-electron chi connectivity index (χ4n) is 2.77.